The maximum Gasteiger partial charge on any atom is 0.311 e. The Kier molecular flexibility index (Phi) is 5.51. The lowest BCUT2D eigenvalue weighted by molar-refractivity contribution is -0.139. The average molecular weight is 376 g/mol. The molecule has 0 saturated heterocycles. The molecule has 0 amide bonds. The molecule has 1 rings (SSSR count). The molecule has 0 atom stereocenters. The number of carbonyl (C=O) groups is 1. The number of nitrogens with zero attached hydrogens (tertiary/aromatic N) is 1. The van der Waals surface area contributed by atoms with Gasteiger partial charge in [-0.1, -0.05) is 0 Å². The van der Waals surface area contributed by atoms with E-state index in [-0.39, 0.29) is 23.6 Å². The van der Waals surface area contributed by atoms with Crippen molar-refractivity contribution >= 4 is 40.2 Å². The van der Waals surface area contributed by atoms with E-state index in [0.29, 0.717) is 9.26 Å². The number of esters is 1. The van der Waals surface area contributed by atoms with E-state index >= 15 is 0 Å². The lowest BCUT2D eigenvalue weighted by Crippen LogP contribution is -2.11. The van der Waals surface area contributed by atoms with Crippen molar-refractivity contribution in [3.05, 3.63) is 26.6 Å². The van der Waals surface area contributed by atoms with Gasteiger partial charge < -0.3 is 4.74 Å². The molecule has 0 radical (unpaired) electrons. The predicted octanol–water partition coefficient (Wildman–Crippen LogP) is 3.08. The van der Waals surface area contributed by atoms with Gasteiger partial charge in [-0.05, 0) is 28.7 Å². The molecule has 0 N–H and O–H groups in total. The molecule has 1 heterocycles. The third-order valence-corrected chi connectivity index (χ3v) is 3.25. The molecule has 1 aromatic heterocycles. The molecule has 0 saturated carbocycles. The van der Waals surface area contributed by atoms with E-state index in [2.05, 4.69) is 9.72 Å². The molecule has 0 aliphatic heterocycles. The van der Waals surface area contributed by atoms with Gasteiger partial charge in [0.1, 0.15) is 0 Å². The summed E-state index contributed by atoms with van der Waals surface area (Å²) in [6.07, 6.45) is -2.96. The lowest BCUT2D eigenvalue weighted by Gasteiger charge is -2.10. The Labute approximate surface area is 116 Å². The standard InChI is InChI=1S/C10H9ClF2INO2/c1-17-9(16)3-7-5(10(12)13)2-6(14)8(4-11)15-7/h2,10H,3-4H2,1H3. The first-order valence-corrected chi connectivity index (χ1v) is 6.20. The van der Waals surface area contributed by atoms with Gasteiger partial charge in [0.15, 0.2) is 0 Å². The number of halogens is 4. The van der Waals surface area contributed by atoms with Crippen LogP contribution in [0.2, 0.25) is 0 Å². The van der Waals surface area contributed by atoms with E-state index in [1.165, 1.54) is 13.2 Å². The molecule has 0 unspecified atom stereocenters. The van der Waals surface area contributed by atoms with E-state index in [4.69, 9.17) is 11.6 Å². The van der Waals surface area contributed by atoms with Crippen LogP contribution in [0.25, 0.3) is 0 Å². The SMILES string of the molecule is COC(=O)Cc1nc(CCl)c(I)cc1C(F)F. The topological polar surface area (TPSA) is 39.2 Å². The van der Waals surface area contributed by atoms with Gasteiger partial charge in [0.05, 0.1) is 30.8 Å². The van der Waals surface area contributed by atoms with Crippen molar-refractivity contribution in [1.82, 2.24) is 4.98 Å². The molecule has 3 nitrogen and oxygen atoms in total. The first-order chi connectivity index (χ1) is 7.99. The van der Waals surface area contributed by atoms with E-state index in [1.807, 2.05) is 22.6 Å². The van der Waals surface area contributed by atoms with Gasteiger partial charge in [-0.25, -0.2) is 8.78 Å². The van der Waals surface area contributed by atoms with Gasteiger partial charge in [-0.2, -0.15) is 0 Å². The van der Waals surface area contributed by atoms with Gasteiger partial charge in [0, 0.05) is 9.13 Å². The first-order valence-electron chi connectivity index (χ1n) is 4.58. The van der Waals surface area contributed by atoms with Crippen LogP contribution in [0, 0.1) is 3.57 Å². The number of alkyl halides is 3. The Morgan fingerprint density at radius 2 is 2.24 bits per heavy atom. The number of carbonyl (C=O) groups excluding carboxylic acids is 1. The smallest absolute Gasteiger partial charge is 0.311 e. The predicted molar refractivity (Wildman–Crippen MR) is 67.2 cm³/mol. The van der Waals surface area contributed by atoms with Crippen molar-refractivity contribution in [1.29, 1.82) is 0 Å². The number of pyridine rings is 1. The fraction of sp³-hybridized carbons (Fsp3) is 0.400. The molecule has 0 aliphatic carbocycles. The number of hydrogen-bond acceptors (Lipinski definition) is 3. The monoisotopic (exact) mass is 375 g/mol. The van der Waals surface area contributed by atoms with Crippen molar-refractivity contribution in [2.75, 3.05) is 7.11 Å². The number of aromatic nitrogens is 1. The van der Waals surface area contributed by atoms with Crippen LogP contribution in [0.15, 0.2) is 6.07 Å². The average Bonchev–Trinajstić information content (AvgIpc) is 2.30. The Balaban J connectivity index is 3.19. The molecule has 0 aromatic carbocycles. The van der Waals surface area contributed by atoms with Crippen molar-refractivity contribution in [3.63, 3.8) is 0 Å². The number of rotatable bonds is 4. The molecular weight excluding hydrogens is 366 g/mol. The number of ether oxygens (including phenoxy) is 1. The molecule has 94 valence electrons. The Bertz CT molecular complexity index is 429. The van der Waals surface area contributed by atoms with Crippen LogP contribution in [0.1, 0.15) is 23.4 Å². The van der Waals surface area contributed by atoms with Crippen molar-refractivity contribution in [2.24, 2.45) is 0 Å². The normalized spacial score (nSPS) is 10.7. The maximum absolute atomic E-state index is 12.8. The van der Waals surface area contributed by atoms with Crippen LogP contribution in [-0.2, 0) is 21.8 Å². The van der Waals surface area contributed by atoms with Crippen LogP contribution in [0.4, 0.5) is 8.78 Å². The highest BCUT2D eigenvalue weighted by Gasteiger charge is 2.19. The Morgan fingerprint density at radius 3 is 2.71 bits per heavy atom. The molecule has 0 bridgehead atoms. The molecular formula is C10H9ClF2INO2. The molecule has 17 heavy (non-hydrogen) atoms. The zero-order valence-corrected chi connectivity index (χ0v) is 11.8. The molecule has 0 fully saturated rings. The van der Waals surface area contributed by atoms with E-state index in [1.54, 1.807) is 0 Å². The fourth-order valence-electron chi connectivity index (χ4n) is 1.22. The zero-order valence-electron chi connectivity index (χ0n) is 8.84. The van der Waals surface area contributed by atoms with Crippen molar-refractivity contribution < 1.29 is 18.3 Å². The van der Waals surface area contributed by atoms with E-state index < -0.39 is 12.4 Å². The minimum atomic E-state index is -2.68. The summed E-state index contributed by atoms with van der Waals surface area (Å²) < 4.78 is 30.5. The first kappa shape index (κ1) is 14.6. The van der Waals surface area contributed by atoms with Crippen molar-refractivity contribution in [3.8, 4) is 0 Å². The van der Waals surface area contributed by atoms with Gasteiger partial charge >= 0.3 is 5.97 Å². The van der Waals surface area contributed by atoms with Crippen LogP contribution in [-0.4, -0.2) is 18.1 Å². The Hall–Kier alpha value is -0.500. The second kappa shape index (κ2) is 6.44. The fourth-order valence-corrected chi connectivity index (χ4v) is 2.29. The van der Waals surface area contributed by atoms with Crippen LogP contribution >= 0.6 is 34.2 Å². The quantitative estimate of drug-likeness (QED) is 0.461. The second-order valence-electron chi connectivity index (χ2n) is 3.14. The summed E-state index contributed by atoms with van der Waals surface area (Å²) in [6, 6.07) is 1.30. The molecule has 7 heteroatoms. The summed E-state index contributed by atoms with van der Waals surface area (Å²) in [4.78, 5) is 15.1. The third-order valence-electron chi connectivity index (χ3n) is 2.06. The van der Waals surface area contributed by atoms with Gasteiger partial charge in [0.25, 0.3) is 6.43 Å². The summed E-state index contributed by atoms with van der Waals surface area (Å²) >= 11 is 7.52. The summed E-state index contributed by atoms with van der Waals surface area (Å²) in [5.41, 5.74) is 0.243. The summed E-state index contributed by atoms with van der Waals surface area (Å²) in [5.74, 6) is -0.503. The zero-order chi connectivity index (χ0) is 13.0. The maximum atomic E-state index is 12.8. The van der Waals surface area contributed by atoms with Gasteiger partial charge in [0.2, 0.25) is 0 Å². The van der Waals surface area contributed by atoms with E-state index in [9.17, 15) is 13.6 Å². The minimum absolute atomic E-state index is 0.0166. The summed E-state index contributed by atoms with van der Waals surface area (Å²) in [6.45, 7) is 0. The van der Waals surface area contributed by atoms with Crippen LogP contribution in [0.5, 0.6) is 0 Å². The number of methoxy groups -OCH3 is 1. The molecule has 1 aromatic rings. The van der Waals surface area contributed by atoms with Gasteiger partial charge in [-0.15, -0.1) is 11.6 Å². The molecule has 0 aliphatic rings. The minimum Gasteiger partial charge on any atom is -0.469 e. The highest BCUT2D eigenvalue weighted by Crippen LogP contribution is 2.26. The van der Waals surface area contributed by atoms with Crippen molar-refractivity contribution in [2.45, 2.75) is 18.7 Å². The lowest BCUT2D eigenvalue weighted by atomic mass is 10.1. The van der Waals surface area contributed by atoms with Crippen LogP contribution < -0.4 is 0 Å². The van der Waals surface area contributed by atoms with Crippen LogP contribution in [0.3, 0.4) is 0 Å². The van der Waals surface area contributed by atoms with E-state index in [0.717, 1.165) is 0 Å². The van der Waals surface area contributed by atoms with Gasteiger partial charge in [-0.3, -0.25) is 9.78 Å². The molecule has 0 spiro atoms. The number of hydrogen-bond donors (Lipinski definition) is 0. The third kappa shape index (κ3) is 3.74. The highest BCUT2D eigenvalue weighted by atomic mass is 127. The second-order valence-corrected chi connectivity index (χ2v) is 4.57. The highest BCUT2D eigenvalue weighted by molar-refractivity contribution is 14.1. The Morgan fingerprint density at radius 1 is 1.59 bits per heavy atom. The largest absolute Gasteiger partial charge is 0.469 e. The summed E-state index contributed by atoms with van der Waals surface area (Å²) in [7, 11) is 1.19. The summed E-state index contributed by atoms with van der Waals surface area (Å²) in [5, 5.41) is 0.